The van der Waals surface area contributed by atoms with Gasteiger partial charge in [-0.3, -0.25) is 4.79 Å². The number of nitrogens with zero attached hydrogens (tertiary/aromatic N) is 1. The fourth-order valence-corrected chi connectivity index (χ4v) is 4.66. The summed E-state index contributed by atoms with van der Waals surface area (Å²) in [5.41, 5.74) is 0. The van der Waals surface area contributed by atoms with Crippen molar-refractivity contribution in [3.8, 4) is 0 Å². The molecule has 4 unspecified atom stereocenters. The van der Waals surface area contributed by atoms with E-state index in [-0.39, 0.29) is 0 Å². The molecule has 0 spiro atoms. The molecule has 0 N–H and O–H groups in total. The summed E-state index contributed by atoms with van der Waals surface area (Å²) in [5.74, 6) is 2.31. The van der Waals surface area contributed by atoms with Gasteiger partial charge < -0.3 is 4.90 Å². The summed E-state index contributed by atoms with van der Waals surface area (Å²) >= 11 is 0. The van der Waals surface area contributed by atoms with Crippen LogP contribution in [0.15, 0.2) is 0 Å². The number of carbonyl (C=O) groups is 1. The van der Waals surface area contributed by atoms with Crippen molar-refractivity contribution in [3.05, 3.63) is 0 Å². The van der Waals surface area contributed by atoms with Crippen LogP contribution in [0.25, 0.3) is 0 Å². The van der Waals surface area contributed by atoms with Crippen LogP contribution in [-0.2, 0) is 4.79 Å². The van der Waals surface area contributed by atoms with Gasteiger partial charge in [0.1, 0.15) is 7.28 Å². The third-order valence-electron chi connectivity index (χ3n) is 6.03. The van der Waals surface area contributed by atoms with Gasteiger partial charge in [0, 0.05) is 18.5 Å². The topological polar surface area (TPSA) is 20.3 Å². The Kier molecular flexibility index (Phi) is 3.43. The number of fused-ring (bicyclic) bond motifs is 2. The standard InChI is InChI=1S/C16H27BNO/c1-4-16-10-12-8-9-18(11(2)3)15(19)13(12)6-5-7-14(16)17-16/h11-14H,4-10H2,1-3H3. The minimum absolute atomic E-state index is 0.328. The van der Waals surface area contributed by atoms with Gasteiger partial charge in [0.2, 0.25) is 5.91 Å². The summed E-state index contributed by atoms with van der Waals surface area (Å²) in [6.45, 7) is 7.62. The van der Waals surface area contributed by atoms with Crippen molar-refractivity contribution in [2.75, 3.05) is 6.54 Å². The number of likely N-dealkylation sites (tertiary alicyclic amines) is 1. The van der Waals surface area contributed by atoms with Crippen molar-refractivity contribution in [2.45, 2.75) is 76.5 Å². The summed E-state index contributed by atoms with van der Waals surface area (Å²) < 4.78 is 0. The molecule has 2 aliphatic heterocycles. The minimum Gasteiger partial charge on any atom is -0.340 e. The first-order valence-corrected chi connectivity index (χ1v) is 8.24. The number of piperidine rings is 1. The molecule has 1 aliphatic carbocycles. The molecular formula is C16H27BNO. The SMILES string of the molecule is CCC12[B]C1CCCC1C(=O)N(C(C)C)CCC1C2. The van der Waals surface area contributed by atoms with Gasteiger partial charge in [0.25, 0.3) is 0 Å². The van der Waals surface area contributed by atoms with Crippen LogP contribution in [0.4, 0.5) is 0 Å². The Hall–Kier alpha value is -0.465. The molecule has 3 heteroatoms. The van der Waals surface area contributed by atoms with Crippen LogP contribution in [0.5, 0.6) is 0 Å². The van der Waals surface area contributed by atoms with Crippen LogP contribution in [0, 0.1) is 11.8 Å². The zero-order chi connectivity index (χ0) is 13.6. The van der Waals surface area contributed by atoms with Crippen LogP contribution in [0.1, 0.15) is 59.3 Å². The van der Waals surface area contributed by atoms with Gasteiger partial charge in [-0.25, -0.2) is 0 Å². The average Bonchev–Trinajstić information content (AvgIpc) is 3.02. The molecule has 0 aromatic heterocycles. The Morgan fingerprint density at radius 2 is 2.16 bits per heavy atom. The molecule has 0 aromatic rings. The Labute approximate surface area is 118 Å². The first kappa shape index (κ1) is 13.5. The molecule has 2 heterocycles. The van der Waals surface area contributed by atoms with Gasteiger partial charge in [0.15, 0.2) is 0 Å². The van der Waals surface area contributed by atoms with Crippen molar-refractivity contribution in [3.63, 3.8) is 0 Å². The van der Waals surface area contributed by atoms with Crippen molar-refractivity contribution in [1.29, 1.82) is 0 Å². The maximum Gasteiger partial charge on any atom is 0.226 e. The lowest BCUT2D eigenvalue weighted by Crippen LogP contribution is -2.49. The molecule has 0 aromatic carbocycles. The van der Waals surface area contributed by atoms with E-state index in [2.05, 4.69) is 33.0 Å². The fraction of sp³-hybridized carbons (Fsp3) is 0.938. The third kappa shape index (κ3) is 2.23. The molecule has 3 fully saturated rings. The number of amides is 1. The molecule has 3 rings (SSSR count). The van der Waals surface area contributed by atoms with Crippen molar-refractivity contribution >= 4 is 13.2 Å². The number of rotatable bonds is 2. The van der Waals surface area contributed by atoms with E-state index in [4.69, 9.17) is 0 Å². The highest BCUT2D eigenvalue weighted by atomic mass is 16.2. The molecule has 0 bridgehead atoms. The Bertz CT molecular complexity index is 370. The molecule has 3 aliphatic rings. The zero-order valence-electron chi connectivity index (χ0n) is 12.7. The second-order valence-corrected chi connectivity index (χ2v) is 7.28. The normalized spacial score (nSPS) is 42.0. The summed E-state index contributed by atoms with van der Waals surface area (Å²) in [5, 5.41) is 0.517. The summed E-state index contributed by atoms with van der Waals surface area (Å²) in [6, 6.07) is 0.374. The van der Waals surface area contributed by atoms with Crippen LogP contribution in [0.2, 0.25) is 11.1 Å². The highest BCUT2D eigenvalue weighted by Crippen LogP contribution is 2.67. The van der Waals surface area contributed by atoms with Gasteiger partial charge in [0.05, 0.1) is 0 Å². The Morgan fingerprint density at radius 3 is 2.84 bits per heavy atom. The molecule has 105 valence electrons. The number of hydrogen-bond acceptors (Lipinski definition) is 1. The lowest BCUT2D eigenvalue weighted by molar-refractivity contribution is -0.144. The first-order chi connectivity index (χ1) is 9.07. The fourth-order valence-electron chi connectivity index (χ4n) is 4.66. The van der Waals surface area contributed by atoms with E-state index < -0.39 is 0 Å². The van der Waals surface area contributed by atoms with E-state index in [1.165, 1.54) is 32.1 Å². The average molecular weight is 260 g/mol. The molecule has 19 heavy (non-hydrogen) atoms. The maximum absolute atomic E-state index is 12.7. The van der Waals surface area contributed by atoms with Crippen molar-refractivity contribution in [2.24, 2.45) is 11.8 Å². The first-order valence-electron chi connectivity index (χ1n) is 8.24. The molecular weight excluding hydrogens is 233 g/mol. The van der Waals surface area contributed by atoms with E-state index >= 15 is 0 Å². The molecule has 4 atom stereocenters. The van der Waals surface area contributed by atoms with Gasteiger partial charge >= 0.3 is 0 Å². The van der Waals surface area contributed by atoms with Crippen molar-refractivity contribution < 1.29 is 4.79 Å². The molecule has 1 amide bonds. The van der Waals surface area contributed by atoms with Crippen LogP contribution >= 0.6 is 0 Å². The number of hydrogen-bond donors (Lipinski definition) is 0. The van der Waals surface area contributed by atoms with E-state index in [0.717, 1.165) is 18.8 Å². The molecule has 2 nitrogen and oxygen atoms in total. The van der Waals surface area contributed by atoms with Gasteiger partial charge in [-0.15, -0.1) is 0 Å². The minimum atomic E-state index is 0.328. The second-order valence-electron chi connectivity index (χ2n) is 7.28. The van der Waals surface area contributed by atoms with Gasteiger partial charge in [-0.05, 0) is 32.6 Å². The van der Waals surface area contributed by atoms with E-state index in [1.54, 1.807) is 0 Å². The molecule has 1 radical (unpaired) electrons. The summed E-state index contributed by atoms with van der Waals surface area (Å²) in [4.78, 5) is 14.8. The summed E-state index contributed by atoms with van der Waals surface area (Å²) in [6.07, 6.45) is 7.51. The Balaban J connectivity index is 1.76. The van der Waals surface area contributed by atoms with Crippen LogP contribution in [0.3, 0.4) is 0 Å². The Morgan fingerprint density at radius 1 is 1.37 bits per heavy atom. The smallest absolute Gasteiger partial charge is 0.226 e. The molecule has 1 saturated carbocycles. The van der Waals surface area contributed by atoms with Crippen molar-refractivity contribution in [1.82, 2.24) is 4.90 Å². The van der Waals surface area contributed by atoms with Crippen LogP contribution in [-0.4, -0.2) is 30.7 Å². The lowest BCUT2D eigenvalue weighted by Gasteiger charge is -2.42. The number of carbonyl (C=O) groups excluding carboxylic acids is 1. The molecule has 2 saturated heterocycles. The quantitative estimate of drug-likeness (QED) is 0.696. The summed E-state index contributed by atoms with van der Waals surface area (Å²) in [7, 11) is 2.59. The highest BCUT2D eigenvalue weighted by Gasteiger charge is 2.55. The largest absolute Gasteiger partial charge is 0.340 e. The van der Waals surface area contributed by atoms with E-state index in [9.17, 15) is 4.79 Å². The zero-order valence-corrected chi connectivity index (χ0v) is 12.7. The van der Waals surface area contributed by atoms with Gasteiger partial charge in [-0.2, -0.15) is 0 Å². The predicted molar refractivity (Wildman–Crippen MR) is 79.4 cm³/mol. The highest BCUT2D eigenvalue weighted by molar-refractivity contribution is 6.56. The third-order valence-corrected chi connectivity index (χ3v) is 6.03. The van der Waals surface area contributed by atoms with Crippen LogP contribution < -0.4 is 0 Å². The lowest BCUT2D eigenvalue weighted by atomic mass is 9.70. The maximum atomic E-state index is 12.7. The second kappa shape index (κ2) is 4.82. The van der Waals surface area contributed by atoms with Gasteiger partial charge in [-0.1, -0.05) is 43.7 Å². The predicted octanol–water partition coefficient (Wildman–Crippen LogP) is 3.51. The van der Waals surface area contributed by atoms with E-state index in [0.29, 0.717) is 29.1 Å². The van der Waals surface area contributed by atoms with E-state index in [1.807, 2.05) is 0 Å². The monoisotopic (exact) mass is 260 g/mol.